The van der Waals surface area contributed by atoms with Gasteiger partial charge in [-0.2, -0.15) is 0 Å². The van der Waals surface area contributed by atoms with Gasteiger partial charge in [-0.05, 0) is 36.8 Å². The van der Waals surface area contributed by atoms with Gasteiger partial charge >= 0.3 is 0 Å². The van der Waals surface area contributed by atoms with E-state index in [0.29, 0.717) is 5.95 Å². The summed E-state index contributed by atoms with van der Waals surface area (Å²) in [5.74, 6) is 0.614. The van der Waals surface area contributed by atoms with Gasteiger partial charge in [0.2, 0.25) is 5.95 Å². The summed E-state index contributed by atoms with van der Waals surface area (Å²) in [6.45, 7) is 2.05. The predicted octanol–water partition coefficient (Wildman–Crippen LogP) is 2.57. The fourth-order valence-corrected chi connectivity index (χ4v) is 1.44. The monoisotopic (exact) mass is 214 g/mol. The Morgan fingerprint density at radius 1 is 1.12 bits per heavy atom. The van der Waals surface area contributed by atoms with Gasteiger partial charge in [0, 0.05) is 30.8 Å². The van der Waals surface area contributed by atoms with Crippen LogP contribution in [0.5, 0.6) is 0 Å². The van der Waals surface area contributed by atoms with Crippen molar-refractivity contribution in [1.82, 2.24) is 9.97 Å². The number of hydrogen-bond donors (Lipinski definition) is 2. The highest BCUT2D eigenvalue weighted by Gasteiger charge is 2.00. The quantitative estimate of drug-likeness (QED) is 0.824. The Hall–Kier alpha value is -2.10. The number of rotatable bonds is 3. The van der Waals surface area contributed by atoms with Gasteiger partial charge in [-0.25, -0.2) is 9.97 Å². The molecule has 1 aromatic carbocycles. The molecule has 4 nitrogen and oxygen atoms in total. The number of nitrogens with zero attached hydrogens (tertiary/aromatic N) is 2. The highest BCUT2D eigenvalue weighted by atomic mass is 15.1. The third kappa shape index (κ3) is 2.28. The summed E-state index contributed by atoms with van der Waals surface area (Å²) in [5, 5.41) is 6.27. The first-order valence-electron chi connectivity index (χ1n) is 5.12. The molecule has 0 radical (unpaired) electrons. The van der Waals surface area contributed by atoms with E-state index >= 15 is 0 Å². The summed E-state index contributed by atoms with van der Waals surface area (Å²) in [6.07, 6.45) is 3.43. The molecule has 16 heavy (non-hydrogen) atoms. The first-order valence-corrected chi connectivity index (χ1v) is 5.12. The second-order valence-electron chi connectivity index (χ2n) is 3.48. The lowest BCUT2D eigenvalue weighted by molar-refractivity contribution is 1.16. The summed E-state index contributed by atoms with van der Waals surface area (Å²) in [5.41, 5.74) is 3.27. The Labute approximate surface area is 94.8 Å². The Bertz CT molecular complexity index is 468. The van der Waals surface area contributed by atoms with Crippen LogP contribution in [-0.4, -0.2) is 17.0 Å². The summed E-state index contributed by atoms with van der Waals surface area (Å²) in [4.78, 5) is 8.24. The highest BCUT2D eigenvalue weighted by Crippen LogP contribution is 2.21. The number of hydrogen-bond acceptors (Lipinski definition) is 4. The van der Waals surface area contributed by atoms with E-state index in [4.69, 9.17) is 0 Å². The maximum atomic E-state index is 4.12. The fraction of sp³-hybridized carbons (Fsp3) is 0.167. The molecule has 2 aromatic rings. The molecule has 0 fully saturated rings. The van der Waals surface area contributed by atoms with Crippen molar-refractivity contribution >= 4 is 17.3 Å². The van der Waals surface area contributed by atoms with Gasteiger partial charge in [-0.15, -0.1) is 0 Å². The van der Waals surface area contributed by atoms with Crippen LogP contribution in [0.3, 0.4) is 0 Å². The lowest BCUT2D eigenvalue weighted by Gasteiger charge is -2.09. The zero-order chi connectivity index (χ0) is 11.4. The van der Waals surface area contributed by atoms with Crippen molar-refractivity contribution in [3.05, 3.63) is 42.2 Å². The van der Waals surface area contributed by atoms with Gasteiger partial charge in [-0.1, -0.05) is 0 Å². The molecule has 4 heteroatoms. The molecule has 0 unspecified atom stereocenters. The molecule has 0 atom stereocenters. The SMILES string of the molecule is CNc1ccc(Nc2ncccn2)c(C)c1. The van der Waals surface area contributed by atoms with Crippen molar-refractivity contribution in [2.75, 3.05) is 17.7 Å². The molecule has 0 amide bonds. The number of anilines is 3. The molecule has 0 bridgehead atoms. The van der Waals surface area contributed by atoms with Gasteiger partial charge in [-0.3, -0.25) is 0 Å². The van der Waals surface area contributed by atoms with E-state index in [0.717, 1.165) is 16.9 Å². The van der Waals surface area contributed by atoms with Gasteiger partial charge in [0.15, 0.2) is 0 Å². The Morgan fingerprint density at radius 2 is 1.88 bits per heavy atom. The Morgan fingerprint density at radius 3 is 2.50 bits per heavy atom. The number of aryl methyl sites for hydroxylation is 1. The van der Waals surface area contributed by atoms with Gasteiger partial charge in [0.05, 0.1) is 0 Å². The molecule has 2 N–H and O–H groups in total. The molecule has 0 aliphatic rings. The zero-order valence-electron chi connectivity index (χ0n) is 9.36. The molecule has 1 aromatic heterocycles. The minimum absolute atomic E-state index is 0.614. The summed E-state index contributed by atoms with van der Waals surface area (Å²) in [6, 6.07) is 7.89. The Kier molecular flexibility index (Phi) is 3.00. The van der Waals surface area contributed by atoms with Gasteiger partial charge in [0.1, 0.15) is 0 Å². The molecule has 2 rings (SSSR count). The van der Waals surface area contributed by atoms with Crippen LogP contribution in [0.1, 0.15) is 5.56 Å². The van der Waals surface area contributed by atoms with Crippen LogP contribution in [0, 0.1) is 6.92 Å². The Balaban J connectivity index is 2.22. The van der Waals surface area contributed by atoms with E-state index in [1.165, 1.54) is 0 Å². The predicted molar refractivity (Wildman–Crippen MR) is 66.0 cm³/mol. The maximum absolute atomic E-state index is 4.12. The summed E-state index contributed by atoms with van der Waals surface area (Å²) < 4.78 is 0. The average molecular weight is 214 g/mol. The van der Waals surface area contributed by atoms with Crippen molar-refractivity contribution in [1.29, 1.82) is 0 Å². The third-order valence-corrected chi connectivity index (χ3v) is 2.33. The normalized spacial score (nSPS) is 9.88. The lowest BCUT2D eigenvalue weighted by Crippen LogP contribution is -1.98. The molecule has 1 heterocycles. The van der Waals surface area contributed by atoms with Crippen LogP contribution in [-0.2, 0) is 0 Å². The topological polar surface area (TPSA) is 49.8 Å². The van der Waals surface area contributed by atoms with E-state index in [2.05, 4.69) is 26.7 Å². The van der Waals surface area contributed by atoms with Crippen LogP contribution in [0.2, 0.25) is 0 Å². The van der Waals surface area contributed by atoms with Crippen molar-refractivity contribution in [2.24, 2.45) is 0 Å². The maximum Gasteiger partial charge on any atom is 0.227 e. The second kappa shape index (κ2) is 4.61. The van der Waals surface area contributed by atoms with Crippen LogP contribution >= 0.6 is 0 Å². The summed E-state index contributed by atoms with van der Waals surface area (Å²) in [7, 11) is 1.90. The van der Waals surface area contributed by atoms with Crippen LogP contribution in [0.4, 0.5) is 17.3 Å². The molecule has 0 spiro atoms. The third-order valence-electron chi connectivity index (χ3n) is 2.33. The fourth-order valence-electron chi connectivity index (χ4n) is 1.44. The zero-order valence-corrected chi connectivity index (χ0v) is 9.36. The molecular weight excluding hydrogens is 200 g/mol. The number of aromatic nitrogens is 2. The van der Waals surface area contributed by atoms with Crippen molar-refractivity contribution in [3.8, 4) is 0 Å². The van der Waals surface area contributed by atoms with Crippen molar-refractivity contribution in [3.63, 3.8) is 0 Å². The van der Waals surface area contributed by atoms with Crippen molar-refractivity contribution in [2.45, 2.75) is 6.92 Å². The van der Waals surface area contributed by atoms with Gasteiger partial charge in [0.25, 0.3) is 0 Å². The number of nitrogens with one attached hydrogen (secondary N) is 2. The smallest absolute Gasteiger partial charge is 0.227 e. The lowest BCUT2D eigenvalue weighted by atomic mass is 10.2. The largest absolute Gasteiger partial charge is 0.388 e. The van der Waals surface area contributed by atoms with Crippen LogP contribution in [0.25, 0.3) is 0 Å². The van der Waals surface area contributed by atoms with Crippen LogP contribution in [0.15, 0.2) is 36.7 Å². The van der Waals surface area contributed by atoms with E-state index in [-0.39, 0.29) is 0 Å². The molecule has 0 saturated carbocycles. The van der Waals surface area contributed by atoms with E-state index in [9.17, 15) is 0 Å². The van der Waals surface area contributed by atoms with E-state index in [1.807, 2.05) is 26.1 Å². The van der Waals surface area contributed by atoms with E-state index < -0.39 is 0 Å². The second-order valence-corrected chi connectivity index (χ2v) is 3.48. The molecular formula is C12H14N4. The average Bonchev–Trinajstić information content (AvgIpc) is 2.33. The minimum atomic E-state index is 0.614. The first kappa shape index (κ1) is 10.4. The molecule has 0 aliphatic carbocycles. The number of benzene rings is 1. The first-order chi connectivity index (χ1) is 7.79. The highest BCUT2D eigenvalue weighted by molar-refractivity contribution is 5.63. The van der Waals surface area contributed by atoms with E-state index in [1.54, 1.807) is 18.5 Å². The van der Waals surface area contributed by atoms with Crippen molar-refractivity contribution < 1.29 is 0 Å². The molecule has 82 valence electrons. The molecule has 0 saturated heterocycles. The summed E-state index contributed by atoms with van der Waals surface area (Å²) >= 11 is 0. The van der Waals surface area contributed by atoms with Gasteiger partial charge < -0.3 is 10.6 Å². The van der Waals surface area contributed by atoms with Crippen LogP contribution < -0.4 is 10.6 Å². The molecule has 0 aliphatic heterocycles. The minimum Gasteiger partial charge on any atom is -0.388 e. The standard InChI is InChI=1S/C12H14N4/c1-9-8-10(13-2)4-5-11(9)16-12-14-6-3-7-15-12/h3-8,13H,1-2H3,(H,14,15,16).